The number of thioether (sulfide) groups is 2. The molecular weight excluding hydrogens is 376 g/mol. The summed E-state index contributed by atoms with van der Waals surface area (Å²) in [6.07, 6.45) is 4.30. The Balaban J connectivity index is 1.81. The van der Waals surface area contributed by atoms with Gasteiger partial charge in [0, 0.05) is 6.07 Å². The lowest BCUT2D eigenvalue weighted by Gasteiger charge is -2.19. The van der Waals surface area contributed by atoms with Crippen LogP contribution < -0.4 is 5.43 Å². The zero-order chi connectivity index (χ0) is 18.4. The van der Waals surface area contributed by atoms with Crippen molar-refractivity contribution >= 4 is 61.9 Å². The second-order valence-corrected chi connectivity index (χ2v) is 7.30. The van der Waals surface area contributed by atoms with Crippen molar-refractivity contribution in [3.63, 3.8) is 0 Å². The molecule has 0 saturated heterocycles. The zero-order valence-corrected chi connectivity index (χ0v) is 14.8. The Morgan fingerprint density at radius 1 is 1.38 bits per heavy atom. The van der Waals surface area contributed by atoms with Gasteiger partial charge in [0.1, 0.15) is 17.6 Å². The van der Waals surface area contributed by atoms with E-state index in [9.17, 15) is 14.7 Å². The summed E-state index contributed by atoms with van der Waals surface area (Å²) in [5.41, 5.74) is -0.0902. The molecule has 0 fully saturated rings. The van der Waals surface area contributed by atoms with Gasteiger partial charge in [-0.1, -0.05) is 0 Å². The van der Waals surface area contributed by atoms with Crippen LogP contribution in [0.5, 0.6) is 5.75 Å². The number of carbonyl (C=O) groups is 1. The van der Waals surface area contributed by atoms with Crippen LogP contribution in [0.15, 0.2) is 49.3 Å². The van der Waals surface area contributed by atoms with E-state index >= 15 is 0 Å². The van der Waals surface area contributed by atoms with Crippen molar-refractivity contribution in [2.24, 2.45) is 10.1 Å². The Labute approximate surface area is 154 Å². The number of hydrazone groups is 1. The molecule has 2 aliphatic rings. The van der Waals surface area contributed by atoms with Crippen molar-refractivity contribution in [3.05, 3.63) is 45.8 Å². The number of amidine groups is 2. The molecule has 1 amide bonds. The van der Waals surface area contributed by atoms with Crippen LogP contribution in [0.4, 0.5) is 0 Å². The van der Waals surface area contributed by atoms with Crippen LogP contribution in [0.3, 0.4) is 0 Å². The zero-order valence-electron chi connectivity index (χ0n) is 13.2. The highest BCUT2D eigenvalue weighted by Crippen LogP contribution is 2.31. The van der Waals surface area contributed by atoms with Gasteiger partial charge in [-0.3, -0.25) is 15.0 Å². The highest BCUT2D eigenvalue weighted by molar-refractivity contribution is 8.45. The molecule has 0 bridgehead atoms. The topological polar surface area (TPSA) is 119 Å². The maximum atomic E-state index is 12.6. The van der Waals surface area contributed by atoms with Gasteiger partial charge in [-0.25, -0.2) is 0 Å². The van der Waals surface area contributed by atoms with E-state index in [2.05, 4.69) is 10.1 Å². The van der Waals surface area contributed by atoms with Gasteiger partial charge in [0.2, 0.25) is 5.17 Å². The van der Waals surface area contributed by atoms with E-state index < -0.39 is 5.91 Å². The number of fused-ring (bicyclic) bond motifs is 2. The number of amides is 1. The molecule has 2 aliphatic heterocycles. The minimum absolute atomic E-state index is 0.0214. The minimum atomic E-state index is -0.614. The second kappa shape index (κ2) is 6.15. The standard InChI is InChI=1S/C16H10N4O4S2/c1-25-16-19-20-13(17)10(14(23)18-15(20)26-16)4-7-6-24-11-5-8(21)2-3-9(11)12(7)22/h2-6,17,21H,1H3. The summed E-state index contributed by atoms with van der Waals surface area (Å²) >= 11 is 2.60. The number of phenols is 1. The third-order valence-corrected chi connectivity index (χ3v) is 5.58. The normalized spacial score (nSPS) is 18.3. The van der Waals surface area contributed by atoms with Crippen molar-refractivity contribution in [2.45, 2.75) is 0 Å². The molecule has 0 spiro atoms. The molecular formula is C16H10N4O4S2. The molecule has 1 aromatic heterocycles. The number of nitrogens with one attached hydrogen (secondary N) is 1. The molecule has 130 valence electrons. The Morgan fingerprint density at radius 3 is 2.96 bits per heavy atom. The van der Waals surface area contributed by atoms with Crippen LogP contribution in [0.2, 0.25) is 0 Å². The summed E-state index contributed by atoms with van der Waals surface area (Å²) in [6, 6.07) is 4.15. The van der Waals surface area contributed by atoms with Crippen LogP contribution in [0.1, 0.15) is 5.56 Å². The van der Waals surface area contributed by atoms with Gasteiger partial charge >= 0.3 is 0 Å². The predicted octanol–water partition coefficient (Wildman–Crippen LogP) is 2.44. The summed E-state index contributed by atoms with van der Waals surface area (Å²) in [5.74, 6) is -0.787. The van der Waals surface area contributed by atoms with E-state index in [0.717, 1.165) is 0 Å². The van der Waals surface area contributed by atoms with Gasteiger partial charge in [-0.15, -0.1) is 16.9 Å². The Morgan fingerprint density at radius 2 is 2.19 bits per heavy atom. The summed E-state index contributed by atoms with van der Waals surface area (Å²) < 4.78 is 6.04. The summed E-state index contributed by atoms with van der Waals surface area (Å²) in [5, 5.41) is 23.8. The first-order valence-corrected chi connectivity index (χ1v) is 9.31. The third kappa shape index (κ3) is 2.63. The number of hydrogen-bond acceptors (Lipinski definition) is 8. The van der Waals surface area contributed by atoms with Crippen molar-refractivity contribution in [3.8, 4) is 5.75 Å². The van der Waals surface area contributed by atoms with E-state index in [1.807, 2.05) is 6.26 Å². The smallest absolute Gasteiger partial charge is 0.283 e. The second-order valence-electron chi connectivity index (χ2n) is 5.29. The minimum Gasteiger partial charge on any atom is -0.508 e. The fraction of sp³-hybridized carbons (Fsp3) is 0.0625. The molecule has 0 radical (unpaired) electrons. The Hall–Kier alpha value is -2.85. The molecule has 1 aromatic carbocycles. The molecule has 10 heteroatoms. The van der Waals surface area contributed by atoms with Crippen LogP contribution in [-0.2, 0) is 4.79 Å². The largest absolute Gasteiger partial charge is 0.508 e. The first-order chi connectivity index (χ1) is 12.5. The van der Waals surface area contributed by atoms with Crippen LogP contribution in [0.25, 0.3) is 17.0 Å². The van der Waals surface area contributed by atoms with E-state index in [-0.39, 0.29) is 39.1 Å². The van der Waals surface area contributed by atoms with Crippen molar-refractivity contribution < 1.29 is 14.3 Å². The van der Waals surface area contributed by atoms with E-state index in [4.69, 9.17) is 9.83 Å². The van der Waals surface area contributed by atoms with E-state index in [0.29, 0.717) is 9.54 Å². The number of aromatic hydroxyl groups is 1. The Bertz CT molecular complexity index is 1130. The third-order valence-electron chi connectivity index (χ3n) is 3.70. The fourth-order valence-corrected chi connectivity index (χ4v) is 3.79. The lowest BCUT2D eigenvalue weighted by Crippen LogP contribution is -2.35. The Kier molecular flexibility index (Phi) is 3.93. The molecule has 0 saturated carbocycles. The summed E-state index contributed by atoms with van der Waals surface area (Å²) in [6.45, 7) is 0. The lowest BCUT2D eigenvalue weighted by molar-refractivity contribution is -0.114. The number of carbonyl (C=O) groups excluding carboxylic acids is 1. The number of benzene rings is 1. The van der Waals surface area contributed by atoms with Gasteiger partial charge in [0.15, 0.2) is 15.6 Å². The van der Waals surface area contributed by atoms with E-state index in [1.165, 1.54) is 59.1 Å². The molecule has 4 rings (SSSR count). The number of aliphatic imine (C=N–C) groups is 1. The number of nitrogens with zero attached hydrogens (tertiary/aromatic N) is 3. The summed E-state index contributed by atoms with van der Waals surface area (Å²) in [7, 11) is 0. The van der Waals surface area contributed by atoms with Gasteiger partial charge in [-0.05, 0) is 36.2 Å². The molecule has 8 nitrogen and oxygen atoms in total. The van der Waals surface area contributed by atoms with Gasteiger partial charge < -0.3 is 9.52 Å². The van der Waals surface area contributed by atoms with Gasteiger partial charge in [0.05, 0.1) is 16.5 Å². The number of hydrogen-bond donors (Lipinski definition) is 2. The first-order valence-electron chi connectivity index (χ1n) is 7.26. The number of rotatable bonds is 1. The van der Waals surface area contributed by atoms with Crippen molar-refractivity contribution in [1.29, 1.82) is 5.41 Å². The monoisotopic (exact) mass is 386 g/mol. The molecule has 0 atom stereocenters. The quantitative estimate of drug-likeness (QED) is 0.722. The number of phenolic OH excluding ortho intramolecular Hbond substituents is 1. The molecule has 2 aromatic rings. The van der Waals surface area contributed by atoms with Crippen LogP contribution in [-0.4, -0.2) is 37.7 Å². The maximum Gasteiger partial charge on any atom is 0.283 e. The SMILES string of the molecule is CSC1=NN2C(=N)C(=Cc3coc4cc(O)ccc4c3=O)C(=O)N=C2S1. The average molecular weight is 386 g/mol. The molecule has 2 N–H and O–H groups in total. The van der Waals surface area contributed by atoms with Crippen LogP contribution in [0, 0.1) is 5.41 Å². The predicted molar refractivity (Wildman–Crippen MR) is 103 cm³/mol. The fourth-order valence-electron chi connectivity index (χ4n) is 2.44. The molecule has 0 aliphatic carbocycles. The van der Waals surface area contributed by atoms with Crippen molar-refractivity contribution in [2.75, 3.05) is 6.26 Å². The highest BCUT2D eigenvalue weighted by atomic mass is 32.2. The summed E-state index contributed by atoms with van der Waals surface area (Å²) in [4.78, 5) is 28.8. The van der Waals surface area contributed by atoms with Crippen molar-refractivity contribution in [1.82, 2.24) is 5.01 Å². The molecule has 0 unspecified atom stereocenters. The maximum absolute atomic E-state index is 12.6. The molecule has 26 heavy (non-hydrogen) atoms. The molecule has 3 heterocycles. The first kappa shape index (κ1) is 16.6. The van der Waals surface area contributed by atoms with Crippen LogP contribution >= 0.6 is 23.5 Å². The lowest BCUT2D eigenvalue weighted by atomic mass is 10.1. The van der Waals surface area contributed by atoms with Gasteiger partial charge in [0.25, 0.3) is 5.91 Å². The van der Waals surface area contributed by atoms with Gasteiger partial charge in [-0.2, -0.15) is 10.0 Å². The van der Waals surface area contributed by atoms with E-state index in [1.54, 1.807) is 0 Å². The highest BCUT2D eigenvalue weighted by Gasteiger charge is 2.35. The average Bonchev–Trinajstić information content (AvgIpc) is 3.03.